The molecule has 1 aromatic rings. The van der Waals surface area contributed by atoms with Crippen LogP contribution in [0.2, 0.25) is 0 Å². The van der Waals surface area contributed by atoms with Gasteiger partial charge in [0, 0.05) is 17.6 Å². The molecule has 0 heterocycles. The average Bonchev–Trinajstić information content (AvgIpc) is 2.41. The molecule has 2 nitrogen and oxygen atoms in total. The van der Waals surface area contributed by atoms with Crippen LogP contribution in [0.3, 0.4) is 0 Å². The Balaban J connectivity index is 2.92. The Labute approximate surface area is 126 Å². The first-order valence-electron chi connectivity index (χ1n) is 7.25. The van der Waals surface area contributed by atoms with Gasteiger partial charge in [-0.1, -0.05) is 32.8 Å². The third kappa shape index (κ3) is 4.50. The quantitative estimate of drug-likeness (QED) is 0.780. The van der Waals surface area contributed by atoms with E-state index in [1.807, 2.05) is 12.1 Å². The van der Waals surface area contributed by atoms with Crippen LogP contribution in [0.5, 0.6) is 0 Å². The molecule has 0 bridgehead atoms. The van der Waals surface area contributed by atoms with Crippen LogP contribution in [0.4, 0.5) is 5.69 Å². The number of halogens is 1. The maximum absolute atomic E-state index is 9.62. The highest BCUT2D eigenvalue weighted by atomic mass is 79.9. The lowest BCUT2D eigenvalue weighted by atomic mass is 10.0. The van der Waals surface area contributed by atoms with Gasteiger partial charge < -0.3 is 10.0 Å². The zero-order valence-corrected chi connectivity index (χ0v) is 14.1. The summed E-state index contributed by atoms with van der Waals surface area (Å²) in [4.78, 5) is 2.41. The summed E-state index contributed by atoms with van der Waals surface area (Å²) in [5.74, 6) is 0.739. The number of aliphatic hydroxyl groups excluding tert-OH is 1. The maximum Gasteiger partial charge on any atom is 0.0762 e. The SMILES string of the molecule is CCC(CC)CN(CC)c1ccc([C@H](C)O)cc1Br. The van der Waals surface area contributed by atoms with Gasteiger partial charge in [-0.15, -0.1) is 0 Å². The smallest absolute Gasteiger partial charge is 0.0762 e. The summed E-state index contributed by atoms with van der Waals surface area (Å²) in [5.41, 5.74) is 2.17. The Kier molecular flexibility index (Phi) is 6.87. The van der Waals surface area contributed by atoms with E-state index >= 15 is 0 Å². The topological polar surface area (TPSA) is 23.5 Å². The summed E-state index contributed by atoms with van der Waals surface area (Å²) < 4.78 is 1.07. The molecule has 0 saturated heterocycles. The molecule has 108 valence electrons. The molecule has 19 heavy (non-hydrogen) atoms. The molecule has 1 atom stereocenters. The molecule has 1 N–H and O–H groups in total. The third-order valence-corrected chi connectivity index (χ3v) is 4.44. The van der Waals surface area contributed by atoms with Gasteiger partial charge in [0.25, 0.3) is 0 Å². The van der Waals surface area contributed by atoms with Crippen molar-refractivity contribution in [2.75, 3.05) is 18.0 Å². The lowest BCUT2D eigenvalue weighted by Crippen LogP contribution is -2.29. The minimum atomic E-state index is -0.417. The second-order valence-electron chi connectivity index (χ2n) is 5.11. The molecular weight excluding hydrogens is 302 g/mol. The van der Waals surface area contributed by atoms with Crippen molar-refractivity contribution < 1.29 is 5.11 Å². The van der Waals surface area contributed by atoms with Crippen LogP contribution in [-0.4, -0.2) is 18.2 Å². The fourth-order valence-corrected chi connectivity index (χ4v) is 2.94. The van der Waals surface area contributed by atoms with Crippen molar-refractivity contribution in [3.05, 3.63) is 28.2 Å². The average molecular weight is 328 g/mol. The van der Waals surface area contributed by atoms with Crippen molar-refractivity contribution >= 4 is 21.6 Å². The molecule has 0 unspecified atom stereocenters. The minimum absolute atomic E-state index is 0.417. The second-order valence-corrected chi connectivity index (χ2v) is 5.96. The van der Waals surface area contributed by atoms with E-state index in [1.165, 1.54) is 18.5 Å². The highest BCUT2D eigenvalue weighted by molar-refractivity contribution is 9.10. The van der Waals surface area contributed by atoms with Crippen molar-refractivity contribution in [2.24, 2.45) is 5.92 Å². The number of hydrogen-bond acceptors (Lipinski definition) is 2. The van der Waals surface area contributed by atoms with Gasteiger partial charge >= 0.3 is 0 Å². The Morgan fingerprint density at radius 1 is 1.21 bits per heavy atom. The van der Waals surface area contributed by atoms with Gasteiger partial charge in [0.1, 0.15) is 0 Å². The summed E-state index contributed by atoms with van der Waals surface area (Å²) in [6.07, 6.45) is 2.02. The molecule has 1 aromatic carbocycles. The van der Waals surface area contributed by atoms with Crippen molar-refractivity contribution in [3.8, 4) is 0 Å². The fraction of sp³-hybridized carbons (Fsp3) is 0.625. The predicted molar refractivity (Wildman–Crippen MR) is 86.7 cm³/mol. The molecule has 0 aliphatic heterocycles. The Hall–Kier alpha value is -0.540. The first-order valence-corrected chi connectivity index (χ1v) is 8.05. The Morgan fingerprint density at radius 3 is 2.26 bits per heavy atom. The molecule has 0 fully saturated rings. The lowest BCUT2D eigenvalue weighted by Gasteiger charge is -2.28. The van der Waals surface area contributed by atoms with Gasteiger partial charge in [0.2, 0.25) is 0 Å². The van der Waals surface area contributed by atoms with Gasteiger partial charge in [0.15, 0.2) is 0 Å². The van der Waals surface area contributed by atoms with Crippen LogP contribution in [-0.2, 0) is 0 Å². The largest absolute Gasteiger partial charge is 0.389 e. The lowest BCUT2D eigenvalue weighted by molar-refractivity contribution is 0.199. The van der Waals surface area contributed by atoms with E-state index in [4.69, 9.17) is 0 Å². The van der Waals surface area contributed by atoms with Gasteiger partial charge in [-0.05, 0) is 53.4 Å². The van der Waals surface area contributed by atoms with Crippen molar-refractivity contribution in [1.29, 1.82) is 0 Å². The third-order valence-electron chi connectivity index (χ3n) is 3.81. The van der Waals surface area contributed by atoms with Gasteiger partial charge in [-0.3, -0.25) is 0 Å². The molecule has 0 amide bonds. The molecular formula is C16H26BrNO. The van der Waals surface area contributed by atoms with Crippen LogP contribution >= 0.6 is 15.9 Å². The fourth-order valence-electron chi connectivity index (χ4n) is 2.30. The van der Waals surface area contributed by atoms with Crippen LogP contribution < -0.4 is 4.90 Å². The monoisotopic (exact) mass is 327 g/mol. The Bertz CT molecular complexity index is 388. The van der Waals surface area contributed by atoms with Crippen LogP contribution in [0.15, 0.2) is 22.7 Å². The molecule has 3 heteroatoms. The normalized spacial score (nSPS) is 12.8. The zero-order valence-electron chi connectivity index (χ0n) is 12.5. The predicted octanol–water partition coefficient (Wildman–Crippen LogP) is 4.76. The van der Waals surface area contributed by atoms with Gasteiger partial charge in [-0.2, -0.15) is 0 Å². The summed E-state index contributed by atoms with van der Waals surface area (Å²) in [6.45, 7) is 10.6. The van der Waals surface area contributed by atoms with Crippen LogP contribution in [0, 0.1) is 5.92 Å². The highest BCUT2D eigenvalue weighted by Gasteiger charge is 2.14. The van der Waals surface area contributed by atoms with E-state index in [-0.39, 0.29) is 0 Å². The van der Waals surface area contributed by atoms with Crippen molar-refractivity contribution in [3.63, 3.8) is 0 Å². The number of nitrogens with zero attached hydrogens (tertiary/aromatic N) is 1. The molecule has 0 aliphatic rings. The summed E-state index contributed by atoms with van der Waals surface area (Å²) in [7, 11) is 0. The van der Waals surface area contributed by atoms with Gasteiger partial charge in [0.05, 0.1) is 11.8 Å². The van der Waals surface area contributed by atoms with E-state index in [2.05, 4.69) is 47.7 Å². The molecule has 0 spiro atoms. The summed E-state index contributed by atoms with van der Waals surface area (Å²) in [5, 5.41) is 9.62. The summed E-state index contributed by atoms with van der Waals surface area (Å²) >= 11 is 3.64. The number of anilines is 1. The van der Waals surface area contributed by atoms with E-state index in [1.54, 1.807) is 6.92 Å². The molecule has 1 rings (SSSR count). The number of aliphatic hydroxyl groups is 1. The first-order chi connectivity index (χ1) is 9.03. The number of benzene rings is 1. The maximum atomic E-state index is 9.62. The number of hydrogen-bond donors (Lipinski definition) is 1. The molecule has 0 saturated carbocycles. The van der Waals surface area contributed by atoms with Crippen molar-refractivity contribution in [2.45, 2.75) is 46.6 Å². The molecule has 0 aromatic heterocycles. The van der Waals surface area contributed by atoms with Crippen LogP contribution in [0.1, 0.15) is 52.2 Å². The van der Waals surface area contributed by atoms with E-state index in [9.17, 15) is 5.11 Å². The van der Waals surface area contributed by atoms with Crippen molar-refractivity contribution in [1.82, 2.24) is 0 Å². The first kappa shape index (κ1) is 16.5. The second kappa shape index (κ2) is 7.91. The molecule has 0 aliphatic carbocycles. The van der Waals surface area contributed by atoms with E-state index in [0.29, 0.717) is 0 Å². The zero-order chi connectivity index (χ0) is 14.4. The number of rotatable bonds is 7. The van der Waals surface area contributed by atoms with Crippen LogP contribution in [0.25, 0.3) is 0 Å². The minimum Gasteiger partial charge on any atom is -0.389 e. The highest BCUT2D eigenvalue weighted by Crippen LogP contribution is 2.30. The summed E-state index contributed by atoms with van der Waals surface area (Å²) in [6, 6.07) is 6.15. The molecule has 0 radical (unpaired) electrons. The van der Waals surface area contributed by atoms with Gasteiger partial charge in [-0.25, -0.2) is 0 Å². The Morgan fingerprint density at radius 2 is 1.84 bits per heavy atom. The van der Waals surface area contributed by atoms with E-state index in [0.717, 1.165) is 29.0 Å². The van der Waals surface area contributed by atoms with E-state index < -0.39 is 6.10 Å². The standard InChI is InChI=1S/C16H26BrNO/c1-5-13(6-2)11-18(7-3)16-9-8-14(12(4)19)10-15(16)17/h8-10,12-13,19H,5-7,11H2,1-4H3/t12-/m0/s1.